The number of hydrogen-bond acceptors (Lipinski definition) is 1. The smallest absolute Gasteiger partial charge is 0.0429 e. The third-order valence-electron chi connectivity index (χ3n) is 3.35. The molecule has 0 aliphatic carbocycles. The second kappa shape index (κ2) is 10.5. The van der Waals surface area contributed by atoms with E-state index in [1.807, 2.05) is 6.92 Å². The monoisotopic (exact) mass is 318 g/mol. The van der Waals surface area contributed by atoms with Crippen LogP contribution < -0.4 is 0 Å². The molecule has 4 atom stereocenters. The molecule has 0 heterocycles. The van der Waals surface area contributed by atoms with Gasteiger partial charge in [-0.2, -0.15) is 5.92 Å². The van der Waals surface area contributed by atoms with Crippen molar-refractivity contribution in [2.45, 2.75) is 34.6 Å². The second-order valence-corrected chi connectivity index (χ2v) is 4.53. The van der Waals surface area contributed by atoms with Gasteiger partial charge in [-0.1, -0.05) is 27.7 Å². The molecule has 0 N–H and O–H groups in total. The van der Waals surface area contributed by atoms with E-state index in [1.54, 1.807) is 0 Å². The van der Waals surface area contributed by atoms with E-state index in [4.69, 9.17) is 6.58 Å². The summed E-state index contributed by atoms with van der Waals surface area (Å²) in [5, 5.41) is 0. The van der Waals surface area contributed by atoms with Crippen LogP contribution in [0.15, 0.2) is 5.57 Å². The number of hydrogen-bond donors (Lipinski definition) is 0. The molecule has 2 heteroatoms. The Balaban J connectivity index is 0. The van der Waals surface area contributed by atoms with E-state index in [0.717, 1.165) is 0 Å². The number of allylic oxidation sites excluding steroid dienone is 1. The number of carbonyl (C=O) groups excluding carboxylic acids is 1. The quantitative estimate of drug-likeness (QED) is 0.337. The van der Waals surface area contributed by atoms with Gasteiger partial charge < -0.3 is 4.79 Å². The fourth-order valence-corrected chi connectivity index (χ4v) is 1.63. The van der Waals surface area contributed by atoms with E-state index >= 15 is 0 Å². The summed E-state index contributed by atoms with van der Waals surface area (Å²) < 4.78 is 0. The molecule has 0 aliphatic heterocycles. The number of rotatable bonds is 4. The fraction of sp³-hybridized carbons (Fsp3) is 0.562. The summed E-state index contributed by atoms with van der Waals surface area (Å²) in [5.74, 6) is 13.2. The van der Waals surface area contributed by atoms with Crippen LogP contribution in [0.4, 0.5) is 0 Å². The number of aldehydes is 1. The molecule has 4 unspecified atom stereocenters. The van der Waals surface area contributed by atoms with Crippen molar-refractivity contribution in [3.05, 3.63) is 12.2 Å². The molecule has 0 bridgehead atoms. The number of carbonyl (C=O) groups is 1. The first-order chi connectivity index (χ1) is 7.93. The average molecular weight is 318 g/mol. The summed E-state index contributed by atoms with van der Waals surface area (Å²) in [5.41, 5.74) is 0.0955. The minimum Gasteiger partial charge on any atom is -0.374 e. The van der Waals surface area contributed by atoms with E-state index in [0.29, 0.717) is 24.0 Å². The van der Waals surface area contributed by atoms with Crippen LogP contribution in [0.1, 0.15) is 34.6 Å². The van der Waals surface area contributed by atoms with Crippen LogP contribution in [-0.2, 0) is 37.5 Å². The maximum Gasteiger partial charge on any atom is 0.0429 e. The van der Waals surface area contributed by atoms with E-state index in [1.165, 1.54) is 0 Å². The standard InChI is InChI=1S/C16H21O.Y/c1-7-8-13(3)15(5)16(6)14(4)10-9-12(2)11-17;/h2,11,13-16H,1,3-6H3;/q-1;. The summed E-state index contributed by atoms with van der Waals surface area (Å²) in [7, 11) is 0. The maximum absolute atomic E-state index is 10.3. The fourth-order valence-electron chi connectivity index (χ4n) is 1.63. The summed E-state index contributed by atoms with van der Waals surface area (Å²) in [4.78, 5) is 10.3. The normalized spacial score (nSPS) is 15.4. The van der Waals surface area contributed by atoms with Crippen LogP contribution in [0, 0.1) is 53.9 Å². The van der Waals surface area contributed by atoms with Crippen molar-refractivity contribution in [2.24, 2.45) is 23.7 Å². The summed E-state index contributed by atoms with van der Waals surface area (Å²) in [6.45, 7) is 15.7. The van der Waals surface area contributed by atoms with E-state index in [2.05, 4.69) is 51.4 Å². The van der Waals surface area contributed by atoms with Crippen molar-refractivity contribution in [2.75, 3.05) is 0 Å². The van der Waals surface area contributed by atoms with E-state index in [9.17, 15) is 4.79 Å². The molecule has 18 heavy (non-hydrogen) atoms. The third kappa shape index (κ3) is 7.15. The van der Waals surface area contributed by atoms with Crippen molar-refractivity contribution in [1.82, 2.24) is 0 Å². The van der Waals surface area contributed by atoms with Crippen LogP contribution in [0.5, 0.6) is 0 Å². The van der Waals surface area contributed by atoms with Crippen molar-refractivity contribution in [3.8, 4) is 23.7 Å². The third-order valence-corrected chi connectivity index (χ3v) is 3.35. The molecule has 0 spiro atoms. The Morgan fingerprint density at radius 1 is 1.06 bits per heavy atom. The van der Waals surface area contributed by atoms with Gasteiger partial charge in [-0.05, 0) is 18.8 Å². The van der Waals surface area contributed by atoms with Crippen LogP contribution in [0.3, 0.4) is 0 Å². The summed E-state index contributed by atoms with van der Waals surface area (Å²) in [6.07, 6.45) is 0.582. The minimum absolute atomic E-state index is 0. The maximum atomic E-state index is 10.3. The Morgan fingerprint density at radius 3 is 1.89 bits per heavy atom. The predicted octanol–water partition coefficient (Wildman–Crippen LogP) is 3.11. The zero-order valence-electron chi connectivity index (χ0n) is 11.9. The van der Waals surface area contributed by atoms with Gasteiger partial charge in [-0.15, -0.1) is 17.4 Å². The first-order valence-corrected chi connectivity index (χ1v) is 5.95. The van der Waals surface area contributed by atoms with E-state index < -0.39 is 0 Å². The molecule has 0 amide bonds. The average Bonchev–Trinajstić information content (AvgIpc) is 2.33. The van der Waals surface area contributed by atoms with Crippen LogP contribution in [-0.4, -0.2) is 6.29 Å². The van der Waals surface area contributed by atoms with Crippen molar-refractivity contribution in [3.63, 3.8) is 0 Å². The molecule has 0 aliphatic rings. The van der Waals surface area contributed by atoms with Gasteiger partial charge in [-0.25, -0.2) is 12.5 Å². The Labute approximate surface area is 137 Å². The predicted molar refractivity (Wildman–Crippen MR) is 71.8 cm³/mol. The molecular weight excluding hydrogens is 297 g/mol. The van der Waals surface area contributed by atoms with Gasteiger partial charge in [0.2, 0.25) is 0 Å². The first kappa shape index (κ1) is 20.0. The van der Waals surface area contributed by atoms with Gasteiger partial charge in [0, 0.05) is 50.8 Å². The zero-order valence-corrected chi connectivity index (χ0v) is 14.8. The molecule has 0 aromatic carbocycles. The van der Waals surface area contributed by atoms with Gasteiger partial charge in [-0.3, -0.25) is 0 Å². The largest absolute Gasteiger partial charge is 0.374 e. The minimum atomic E-state index is 0. The van der Waals surface area contributed by atoms with Crippen LogP contribution in [0.25, 0.3) is 0 Å². The van der Waals surface area contributed by atoms with Crippen molar-refractivity contribution in [1.29, 1.82) is 0 Å². The Morgan fingerprint density at radius 2 is 1.50 bits per heavy atom. The Kier molecular flexibility index (Phi) is 11.7. The van der Waals surface area contributed by atoms with Gasteiger partial charge in [0.15, 0.2) is 0 Å². The molecule has 0 aromatic heterocycles. The van der Waals surface area contributed by atoms with Gasteiger partial charge in [0.05, 0.1) is 0 Å². The molecule has 0 rings (SSSR count). The molecule has 0 saturated carbocycles. The second-order valence-electron chi connectivity index (χ2n) is 4.53. The molecule has 1 nitrogen and oxygen atoms in total. The Bertz CT molecular complexity index is 389. The van der Waals surface area contributed by atoms with Gasteiger partial charge in [0.1, 0.15) is 0 Å². The molecule has 0 saturated heterocycles. The first-order valence-electron chi connectivity index (χ1n) is 5.95. The zero-order chi connectivity index (χ0) is 13.4. The van der Waals surface area contributed by atoms with E-state index in [-0.39, 0.29) is 44.2 Å². The van der Waals surface area contributed by atoms with Gasteiger partial charge in [0.25, 0.3) is 0 Å². The molecular formula is C16H21OY-. The Hall–Kier alpha value is -0.366. The van der Waals surface area contributed by atoms with Crippen molar-refractivity contribution >= 4 is 6.29 Å². The molecule has 1 radical (unpaired) electrons. The summed E-state index contributed by atoms with van der Waals surface area (Å²) in [6, 6.07) is 0. The molecule has 0 fully saturated rings. The van der Waals surface area contributed by atoms with Crippen LogP contribution >= 0.6 is 0 Å². The molecule has 95 valence electrons. The van der Waals surface area contributed by atoms with Crippen molar-refractivity contribution < 1.29 is 37.5 Å². The van der Waals surface area contributed by atoms with Crippen LogP contribution in [0.2, 0.25) is 0 Å². The van der Waals surface area contributed by atoms with Gasteiger partial charge >= 0.3 is 0 Å². The molecule has 0 aromatic rings. The summed E-state index contributed by atoms with van der Waals surface area (Å²) >= 11 is 0. The SMILES string of the molecule is [CH-]=C(C#CC(C)C(C)C(C)C(C)C#CC)C=O.[Y]. The topological polar surface area (TPSA) is 17.1 Å².